The van der Waals surface area contributed by atoms with Gasteiger partial charge in [0, 0.05) is 12.2 Å². The van der Waals surface area contributed by atoms with E-state index >= 15 is 0 Å². The molecule has 0 heterocycles. The Balaban J connectivity index is 2.47. The van der Waals surface area contributed by atoms with Crippen LogP contribution in [0.4, 0.5) is 10.5 Å². The summed E-state index contributed by atoms with van der Waals surface area (Å²) in [5.41, 5.74) is 5.98. The lowest BCUT2D eigenvalue weighted by Crippen LogP contribution is -2.17. The Bertz CT molecular complexity index is 349. The van der Waals surface area contributed by atoms with Crippen molar-refractivity contribution in [1.29, 1.82) is 0 Å². The topological polar surface area (TPSA) is 73.6 Å². The van der Waals surface area contributed by atoms with Crippen LogP contribution in [0.5, 0.6) is 5.75 Å². The van der Waals surface area contributed by atoms with Gasteiger partial charge in [0.25, 0.3) is 0 Å². The predicted octanol–water partition coefficient (Wildman–Crippen LogP) is 1.98. The lowest BCUT2D eigenvalue weighted by atomic mass is 10.3. The summed E-state index contributed by atoms with van der Waals surface area (Å²) in [5.74, 6) is 0.721. The number of hydrogen-bond acceptors (Lipinski definition) is 4. The minimum atomic E-state index is -0.462. The van der Waals surface area contributed by atoms with E-state index in [1.165, 1.54) is 0 Å². The molecule has 0 saturated heterocycles. The van der Waals surface area contributed by atoms with Crippen molar-refractivity contribution in [3.8, 4) is 5.75 Å². The van der Waals surface area contributed by atoms with Crippen LogP contribution in [0.15, 0.2) is 24.3 Å². The highest BCUT2D eigenvalue weighted by atomic mass is 16.6. The molecule has 17 heavy (non-hydrogen) atoms. The molecule has 0 aromatic heterocycles. The standard InChI is InChI=1S/C12H18N2O3/c1-9(2)17-12(15)14-10-3-5-11(6-4-10)16-8-7-13/h3-6,9H,7-8,13H2,1-2H3,(H,14,15). The molecule has 0 aliphatic heterocycles. The second-order valence-electron chi connectivity index (χ2n) is 3.74. The van der Waals surface area contributed by atoms with Crippen LogP contribution in [-0.4, -0.2) is 25.3 Å². The highest BCUT2D eigenvalue weighted by Crippen LogP contribution is 2.15. The van der Waals surface area contributed by atoms with Crippen molar-refractivity contribution >= 4 is 11.8 Å². The van der Waals surface area contributed by atoms with Gasteiger partial charge in [-0.3, -0.25) is 5.32 Å². The quantitative estimate of drug-likeness (QED) is 0.822. The third-order valence-electron chi connectivity index (χ3n) is 1.83. The van der Waals surface area contributed by atoms with Crippen LogP contribution >= 0.6 is 0 Å². The molecule has 0 bridgehead atoms. The molecule has 94 valence electrons. The Labute approximate surface area is 101 Å². The number of carbonyl (C=O) groups is 1. The van der Waals surface area contributed by atoms with Crippen LogP contribution in [0.2, 0.25) is 0 Å². The number of rotatable bonds is 5. The van der Waals surface area contributed by atoms with Gasteiger partial charge in [-0.15, -0.1) is 0 Å². The second kappa shape index (κ2) is 6.75. The first-order chi connectivity index (χ1) is 8.11. The van der Waals surface area contributed by atoms with Gasteiger partial charge in [-0.2, -0.15) is 0 Å². The summed E-state index contributed by atoms with van der Waals surface area (Å²) < 4.78 is 10.3. The fourth-order valence-electron chi connectivity index (χ4n) is 1.17. The molecule has 1 aromatic rings. The molecule has 5 heteroatoms. The first-order valence-corrected chi connectivity index (χ1v) is 5.52. The molecule has 0 unspecified atom stereocenters. The summed E-state index contributed by atoms with van der Waals surface area (Å²) >= 11 is 0. The van der Waals surface area contributed by atoms with E-state index in [0.717, 1.165) is 5.75 Å². The molecular formula is C12H18N2O3. The Morgan fingerprint density at radius 2 is 2.00 bits per heavy atom. The lowest BCUT2D eigenvalue weighted by molar-refractivity contribution is 0.130. The first-order valence-electron chi connectivity index (χ1n) is 5.52. The van der Waals surface area contributed by atoms with Gasteiger partial charge < -0.3 is 15.2 Å². The number of nitrogens with one attached hydrogen (secondary N) is 1. The lowest BCUT2D eigenvalue weighted by Gasteiger charge is -2.10. The van der Waals surface area contributed by atoms with Crippen LogP contribution in [-0.2, 0) is 4.74 Å². The van der Waals surface area contributed by atoms with Crippen LogP contribution < -0.4 is 15.8 Å². The molecule has 1 aromatic carbocycles. The van der Waals surface area contributed by atoms with Crippen molar-refractivity contribution in [1.82, 2.24) is 0 Å². The Morgan fingerprint density at radius 1 is 1.35 bits per heavy atom. The number of anilines is 1. The summed E-state index contributed by atoms with van der Waals surface area (Å²) in [6, 6.07) is 7.02. The van der Waals surface area contributed by atoms with Crippen LogP contribution in [0.3, 0.4) is 0 Å². The van der Waals surface area contributed by atoms with Gasteiger partial charge in [0.1, 0.15) is 12.4 Å². The van der Waals surface area contributed by atoms with E-state index in [1.807, 2.05) is 0 Å². The largest absolute Gasteiger partial charge is 0.492 e. The normalized spacial score (nSPS) is 10.1. The van der Waals surface area contributed by atoms with Crippen LogP contribution in [0.25, 0.3) is 0 Å². The molecule has 1 rings (SSSR count). The molecule has 0 atom stereocenters. The summed E-state index contributed by atoms with van der Waals surface area (Å²) in [7, 11) is 0. The molecule has 3 N–H and O–H groups in total. The number of nitrogens with two attached hydrogens (primary N) is 1. The van der Waals surface area contributed by atoms with E-state index in [1.54, 1.807) is 38.1 Å². The Kier molecular flexibility index (Phi) is 5.29. The second-order valence-corrected chi connectivity index (χ2v) is 3.74. The fourth-order valence-corrected chi connectivity index (χ4v) is 1.17. The van der Waals surface area contributed by atoms with Gasteiger partial charge in [0.05, 0.1) is 6.10 Å². The first kappa shape index (κ1) is 13.3. The fraction of sp³-hybridized carbons (Fsp3) is 0.417. The summed E-state index contributed by atoms with van der Waals surface area (Å²) in [4.78, 5) is 11.3. The Hall–Kier alpha value is -1.75. The highest BCUT2D eigenvalue weighted by Gasteiger charge is 2.05. The van der Waals surface area contributed by atoms with E-state index in [9.17, 15) is 4.79 Å². The van der Waals surface area contributed by atoms with Crippen LogP contribution in [0, 0.1) is 0 Å². The maximum Gasteiger partial charge on any atom is 0.411 e. The maximum absolute atomic E-state index is 11.3. The monoisotopic (exact) mass is 238 g/mol. The molecule has 0 saturated carbocycles. The van der Waals surface area contributed by atoms with Crippen molar-refractivity contribution in [3.63, 3.8) is 0 Å². The maximum atomic E-state index is 11.3. The summed E-state index contributed by atoms with van der Waals surface area (Å²) in [6.45, 7) is 4.54. The van der Waals surface area contributed by atoms with E-state index in [0.29, 0.717) is 18.8 Å². The molecule has 0 aliphatic carbocycles. The van der Waals surface area contributed by atoms with Crippen molar-refractivity contribution < 1.29 is 14.3 Å². The number of benzene rings is 1. The van der Waals surface area contributed by atoms with E-state index in [2.05, 4.69) is 5.32 Å². The highest BCUT2D eigenvalue weighted by molar-refractivity contribution is 5.84. The molecule has 0 radical (unpaired) electrons. The van der Waals surface area contributed by atoms with Gasteiger partial charge in [-0.1, -0.05) is 0 Å². The zero-order valence-electron chi connectivity index (χ0n) is 10.1. The molecule has 1 amide bonds. The average Bonchev–Trinajstić information content (AvgIpc) is 2.27. The molecule has 0 spiro atoms. The summed E-state index contributed by atoms with van der Waals surface area (Å²) in [6.07, 6.45) is -0.599. The summed E-state index contributed by atoms with van der Waals surface area (Å²) in [5, 5.41) is 2.62. The number of amides is 1. The van der Waals surface area contributed by atoms with Crippen molar-refractivity contribution in [3.05, 3.63) is 24.3 Å². The van der Waals surface area contributed by atoms with Gasteiger partial charge in [0.15, 0.2) is 0 Å². The molecule has 0 fully saturated rings. The van der Waals surface area contributed by atoms with Crippen molar-refractivity contribution in [2.45, 2.75) is 20.0 Å². The number of ether oxygens (including phenoxy) is 2. The van der Waals surface area contributed by atoms with Crippen molar-refractivity contribution in [2.24, 2.45) is 5.73 Å². The minimum Gasteiger partial charge on any atom is -0.492 e. The Morgan fingerprint density at radius 3 is 2.53 bits per heavy atom. The van der Waals surface area contributed by atoms with E-state index in [4.69, 9.17) is 15.2 Å². The van der Waals surface area contributed by atoms with Gasteiger partial charge in [-0.25, -0.2) is 4.79 Å². The predicted molar refractivity (Wildman–Crippen MR) is 66.2 cm³/mol. The van der Waals surface area contributed by atoms with E-state index < -0.39 is 6.09 Å². The van der Waals surface area contributed by atoms with Crippen molar-refractivity contribution in [2.75, 3.05) is 18.5 Å². The third-order valence-corrected chi connectivity index (χ3v) is 1.83. The van der Waals surface area contributed by atoms with Gasteiger partial charge >= 0.3 is 6.09 Å². The zero-order valence-corrected chi connectivity index (χ0v) is 10.1. The van der Waals surface area contributed by atoms with Gasteiger partial charge in [0.2, 0.25) is 0 Å². The van der Waals surface area contributed by atoms with Gasteiger partial charge in [-0.05, 0) is 38.1 Å². The molecular weight excluding hydrogens is 220 g/mol. The SMILES string of the molecule is CC(C)OC(=O)Nc1ccc(OCCN)cc1. The number of hydrogen-bond donors (Lipinski definition) is 2. The average molecular weight is 238 g/mol. The smallest absolute Gasteiger partial charge is 0.411 e. The van der Waals surface area contributed by atoms with Crippen LogP contribution in [0.1, 0.15) is 13.8 Å². The minimum absolute atomic E-state index is 0.137. The number of carbonyl (C=O) groups excluding carboxylic acids is 1. The molecule has 0 aliphatic rings. The molecule has 5 nitrogen and oxygen atoms in total. The zero-order chi connectivity index (χ0) is 12.7. The van der Waals surface area contributed by atoms with E-state index in [-0.39, 0.29) is 6.10 Å². The third kappa shape index (κ3) is 5.21.